The van der Waals surface area contributed by atoms with Crippen molar-refractivity contribution in [2.24, 2.45) is 0 Å². The molecule has 0 spiro atoms. The first-order valence-corrected chi connectivity index (χ1v) is 12.4. The highest BCUT2D eigenvalue weighted by Crippen LogP contribution is 2.43. The van der Waals surface area contributed by atoms with Gasteiger partial charge in [-0.25, -0.2) is 0 Å². The van der Waals surface area contributed by atoms with Crippen LogP contribution in [0.3, 0.4) is 0 Å². The molecule has 0 aliphatic carbocycles. The molecule has 0 saturated heterocycles. The van der Waals surface area contributed by atoms with E-state index in [0.717, 1.165) is 16.3 Å². The fraction of sp³-hybridized carbons (Fsp3) is 0.188. The lowest BCUT2D eigenvalue weighted by Crippen LogP contribution is -2.14. The minimum atomic E-state index is -0.540. The summed E-state index contributed by atoms with van der Waals surface area (Å²) < 4.78 is 27.9. The van der Waals surface area contributed by atoms with Crippen molar-refractivity contribution in [3.05, 3.63) is 100 Å². The van der Waals surface area contributed by atoms with Gasteiger partial charge in [0.25, 0.3) is 0 Å². The van der Waals surface area contributed by atoms with Crippen molar-refractivity contribution in [1.82, 2.24) is 0 Å². The molecular weight excluding hydrogens is 496 g/mol. The molecule has 5 aromatic rings. The van der Waals surface area contributed by atoms with E-state index in [0.29, 0.717) is 44.9 Å². The van der Waals surface area contributed by atoms with E-state index in [1.165, 1.54) is 13.4 Å². The van der Waals surface area contributed by atoms with Gasteiger partial charge in [0.05, 0.1) is 45.8 Å². The van der Waals surface area contributed by atoms with Crippen LogP contribution in [0.4, 0.5) is 0 Å². The first-order valence-electron chi connectivity index (χ1n) is 12.4. The Morgan fingerprint density at radius 1 is 0.769 bits per heavy atom. The fourth-order valence-corrected chi connectivity index (χ4v) is 5.08. The van der Waals surface area contributed by atoms with Crippen molar-refractivity contribution in [2.45, 2.75) is 12.3 Å². The predicted octanol–water partition coefficient (Wildman–Crippen LogP) is 6.33. The Morgan fingerprint density at radius 2 is 1.46 bits per heavy atom. The fourth-order valence-electron chi connectivity index (χ4n) is 5.08. The molecule has 0 aliphatic heterocycles. The minimum absolute atomic E-state index is 0.00619. The van der Waals surface area contributed by atoms with Gasteiger partial charge in [0.1, 0.15) is 29.1 Å². The molecule has 7 heteroatoms. The first-order chi connectivity index (χ1) is 19.0. The van der Waals surface area contributed by atoms with Gasteiger partial charge < -0.3 is 23.4 Å². The van der Waals surface area contributed by atoms with Crippen LogP contribution in [0.5, 0.6) is 17.2 Å². The van der Waals surface area contributed by atoms with Gasteiger partial charge in [0, 0.05) is 16.9 Å². The number of rotatable bonds is 8. The minimum Gasteiger partial charge on any atom is -0.497 e. The maximum atomic E-state index is 13.7. The van der Waals surface area contributed by atoms with Crippen LogP contribution in [0.2, 0.25) is 0 Å². The molecular formula is C32H28O7. The van der Waals surface area contributed by atoms with Crippen molar-refractivity contribution in [3.8, 4) is 28.4 Å². The SMILES string of the molecule is COC(=O)C[C@@H](c1ccc(OC)c2ccccc12)c1c(OC)ccc2c(=O)c(-c3ccc(OC)cc3)coc12. The van der Waals surface area contributed by atoms with Crippen LogP contribution >= 0.6 is 0 Å². The van der Waals surface area contributed by atoms with Gasteiger partial charge in [-0.3, -0.25) is 9.59 Å². The van der Waals surface area contributed by atoms with Gasteiger partial charge in [0.2, 0.25) is 5.43 Å². The lowest BCUT2D eigenvalue weighted by molar-refractivity contribution is -0.140. The van der Waals surface area contributed by atoms with Crippen LogP contribution in [0.15, 0.2) is 88.3 Å². The largest absolute Gasteiger partial charge is 0.497 e. The summed E-state index contributed by atoms with van der Waals surface area (Å²) in [6.07, 6.45) is 1.46. The first kappa shape index (κ1) is 25.9. The third-order valence-corrected chi connectivity index (χ3v) is 7.02. The normalized spacial score (nSPS) is 11.8. The maximum Gasteiger partial charge on any atom is 0.306 e. The molecule has 1 heterocycles. The van der Waals surface area contributed by atoms with E-state index < -0.39 is 11.9 Å². The van der Waals surface area contributed by atoms with Gasteiger partial charge in [-0.2, -0.15) is 0 Å². The summed E-state index contributed by atoms with van der Waals surface area (Å²) in [4.78, 5) is 26.5. The zero-order valence-corrected chi connectivity index (χ0v) is 22.1. The Kier molecular flexibility index (Phi) is 7.23. The van der Waals surface area contributed by atoms with E-state index in [1.54, 1.807) is 45.6 Å². The summed E-state index contributed by atoms with van der Waals surface area (Å²) >= 11 is 0. The van der Waals surface area contributed by atoms with Crippen molar-refractivity contribution < 1.29 is 28.2 Å². The summed E-state index contributed by atoms with van der Waals surface area (Å²) in [7, 11) is 6.12. The number of benzene rings is 4. The predicted molar refractivity (Wildman–Crippen MR) is 150 cm³/mol. The third kappa shape index (κ3) is 4.68. The quantitative estimate of drug-likeness (QED) is 0.219. The van der Waals surface area contributed by atoms with Crippen molar-refractivity contribution in [1.29, 1.82) is 0 Å². The van der Waals surface area contributed by atoms with Crippen molar-refractivity contribution >= 4 is 27.7 Å². The second kappa shape index (κ2) is 10.9. The number of esters is 1. The van der Waals surface area contributed by atoms with Crippen LogP contribution in [0.25, 0.3) is 32.9 Å². The summed E-state index contributed by atoms with van der Waals surface area (Å²) in [6, 6.07) is 22.2. The second-order valence-corrected chi connectivity index (χ2v) is 9.00. The summed E-state index contributed by atoms with van der Waals surface area (Å²) in [5, 5.41) is 2.18. The van der Waals surface area contributed by atoms with Crippen LogP contribution in [-0.2, 0) is 9.53 Å². The summed E-state index contributed by atoms with van der Waals surface area (Å²) in [5.41, 5.74) is 2.72. The van der Waals surface area contributed by atoms with Crippen LogP contribution in [0.1, 0.15) is 23.5 Å². The Labute approximate surface area is 225 Å². The molecule has 0 saturated carbocycles. The summed E-state index contributed by atoms with van der Waals surface area (Å²) in [5.74, 6) is 0.953. The van der Waals surface area contributed by atoms with Gasteiger partial charge in [0.15, 0.2) is 0 Å². The number of fused-ring (bicyclic) bond motifs is 2. The van der Waals surface area contributed by atoms with Gasteiger partial charge in [-0.05, 0) is 46.8 Å². The molecule has 39 heavy (non-hydrogen) atoms. The number of carbonyl (C=O) groups is 1. The van der Waals surface area contributed by atoms with Crippen molar-refractivity contribution in [3.63, 3.8) is 0 Å². The molecule has 1 atom stereocenters. The molecule has 5 rings (SSSR count). The number of ether oxygens (including phenoxy) is 4. The zero-order chi connectivity index (χ0) is 27.5. The average molecular weight is 525 g/mol. The van der Waals surface area contributed by atoms with Gasteiger partial charge in [-0.15, -0.1) is 0 Å². The molecule has 0 amide bonds. The zero-order valence-electron chi connectivity index (χ0n) is 22.1. The topological polar surface area (TPSA) is 84.2 Å². The highest BCUT2D eigenvalue weighted by molar-refractivity contribution is 5.94. The van der Waals surface area contributed by atoms with Crippen LogP contribution in [0, 0.1) is 0 Å². The summed E-state index contributed by atoms with van der Waals surface area (Å²) in [6.45, 7) is 0. The van der Waals surface area contributed by atoms with E-state index in [9.17, 15) is 9.59 Å². The number of methoxy groups -OCH3 is 4. The molecule has 0 bridgehead atoms. The van der Waals surface area contributed by atoms with Crippen LogP contribution < -0.4 is 19.6 Å². The Balaban J connectivity index is 1.78. The molecule has 0 N–H and O–H groups in total. The van der Waals surface area contributed by atoms with Crippen LogP contribution in [-0.4, -0.2) is 34.4 Å². The number of carbonyl (C=O) groups excluding carboxylic acids is 1. The molecule has 1 aromatic heterocycles. The lowest BCUT2D eigenvalue weighted by Gasteiger charge is -2.23. The van der Waals surface area contributed by atoms with E-state index in [4.69, 9.17) is 23.4 Å². The van der Waals surface area contributed by atoms with Gasteiger partial charge in [-0.1, -0.05) is 42.5 Å². The molecule has 0 radical (unpaired) electrons. The van der Waals surface area contributed by atoms with E-state index in [-0.39, 0.29) is 11.8 Å². The molecule has 0 unspecified atom stereocenters. The monoisotopic (exact) mass is 524 g/mol. The number of hydrogen-bond acceptors (Lipinski definition) is 7. The Morgan fingerprint density at radius 3 is 2.13 bits per heavy atom. The number of hydrogen-bond donors (Lipinski definition) is 0. The highest BCUT2D eigenvalue weighted by Gasteiger charge is 2.29. The molecule has 4 aromatic carbocycles. The molecule has 7 nitrogen and oxygen atoms in total. The van der Waals surface area contributed by atoms with E-state index in [2.05, 4.69) is 0 Å². The van der Waals surface area contributed by atoms with Gasteiger partial charge >= 0.3 is 5.97 Å². The lowest BCUT2D eigenvalue weighted by atomic mass is 9.83. The Hall–Kier alpha value is -4.78. The van der Waals surface area contributed by atoms with E-state index >= 15 is 0 Å². The smallest absolute Gasteiger partial charge is 0.306 e. The third-order valence-electron chi connectivity index (χ3n) is 7.02. The van der Waals surface area contributed by atoms with Crippen molar-refractivity contribution in [2.75, 3.05) is 28.4 Å². The highest BCUT2D eigenvalue weighted by atomic mass is 16.5. The van der Waals surface area contributed by atoms with E-state index in [1.807, 2.05) is 48.5 Å². The molecule has 0 aliphatic rings. The average Bonchev–Trinajstić information content (AvgIpc) is 2.99. The maximum absolute atomic E-state index is 13.7. The standard InChI is InChI=1S/C32H28O7/c1-35-20-11-9-19(10-12-20)26-18-39-32-24(31(26)34)14-16-28(37-3)30(32)25(17-29(33)38-4)22-13-15-27(36-2)23-8-6-5-7-21(22)23/h5-16,18,25H,17H2,1-4H3/t25-/m0/s1. The molecule has 198 valence electrons. The molecule has 0 fully saturated rings. The second-order valence-electron chi connectivity index (χ2n) is 9.00. The Bertz CT molecular complexity index is 1720.